The van der Waals surface area contributed by atoms with Crippen molar-refractivity contribution in [1.29, 1.82) is 5.26 Å². The van der Waals surface area contributed by atoms with Crippen LogP contribution >= 0.6 is 0 Å². The maximum absolute atomic E-state index is 12.1. The Kier molecular flexibility index (Phi) is 5.15. The summed E-state index contributed by atoms with van der Waals surface area (Å²) < 4.78 is 47.8. The lowest BCUT2D eigenvalue weighted by molar-refractivity contribution is 0.544. The van der Waals surface area contributed by atoms with Crippen molar-refractivity contribution in [3.63, 3.8) is 0 Å². The first-order valence-corrected chi connectivity index (χ1v) is 9.65. The topological polar surface area (TPSA) is 118 Å². The van der Waals surface area contributed by atoms with Crippen LogP contribution in [0.4, 0.5) is 0 Å². The Morgan fingerprint density at radius 1 is 1.10 bits per heavy atom. The van der Waals surface area contributed by atoms with Crippen molar-refractivity contribution in [1.82, 2.24) is 0 Å². The van der Waals surface area contributed by atoms with Crippen LogP contribution in [0.2, 0.25) is 0 Å². The molecule has 1 aromatic rings. The summed E-state index contributed by atoms with van der Waals surface area (Å²) in [6.45, 7) is 3.14. The minimum absolute atomic E-state index is 0.00343. The molecule has 0 aliphatic carbocycles. The average molecular weight is 330 g/mol. The molecule has 0 spiro atoms. The van der Waals surface area contributed by atoms with E-state index in [1.165, 1.54) is 24.3 Å². The van der Waals surface area contributed by atoms with E-state index in [0.29, 0.717) is 5.56 Å². The molecule has 116 valence electrons. The van der Waals surface area contributed by atoms with Crippen molar-refractivity contribution in [3.8, 4) is 6.07 Å². The van der Waals surface area contributed by atoms with Gasteiger partial charge in [0.1, 0.15) is 0 Å². The monoisotopic (exact) mass is 330 g/mol. The Hall–Kier alpha value is -1.43. The SMILES string of the molecule is CC(C)(N)CS(=O)(=O)CCS(=O)(=O)c1ccc(C#N)cc1. The molecule has 1 aromatic carbocycles. The maximum Gasteiger partial charge on any atom is 0.179 e. The second kappa shape index (κ2) is 6.13. The van der Waals surface area contributed by atoms with E-state index in [2.05, 4.69) is 0 Å². The Morgan fingerprint density at radius 2 is 1.62 bits per heavy atom. The summed E-state index contributed by atoms with van der Waals surface area (Å²) in [6.07, 6.45) is 0. The van der Waals surface area contributed by atoms with Crippen molar-refractivity contribution in [2.45, 2.75) is 24.3 Å². The van der Waals surface area contributed by atoms with Crippen LogP contribution in [0.5, 0.6) is 0 Å². The van der Waals surface area contributed by atoms with E-state index in [4.69, 9.17) is 11.0 Å². The molecule has 0 heterocycles. The third kappa shape index (κ3) is 5.83. The van der Waals surface area contributed by atoms with Gasteiger partial charge in [-0.3, -0.25) is 0 Å². The van der Waals surface area contributed by atoms with Crippen molar-refractivity contribution < 1.29 is 16.8 Å². The summed E-state index contributed by atoms with van der Waals surface area (Å²) in [5.41, 5.74) is 5.08. The lowest BCUT2D eigenvalue weighted by Gasteiger charge is -2.18. The fourth-order valence-electron chi connectivity index (χ4n) is 1.73. The summed E-state index contributed by atoms with van der Waals surface area (Å²) in [4.78, 5) is 0.00343. The van der Waals surface area contributed by atoms with E-state index < -0.39 is 36.7 Å². The zero-order valence-corrected chi connectivity index (χ0v) is 13.5. The summed E-state index contributed by atoms with van der Waals surface area (Å²) in [7, 11) is -7.25. The number of nitrogens with zero attached hydrogens (tertiary/aromatic N) is 1. The van der Waals surface area contributed by atoms with Crippen LogP contribution in [0.3, 0.4) is 0 Å². The van der Waals surface area contributed by atoms with Crippen LogP contribution in [-0.4, -0.2) is 39.6 Å². The van der Waals surface area contributed by atoms with Crippen LogP contribution in [0.1, 0.15) is 19.4 Å². The van der Waals surface area contributed by atoms with E-state index >= 15 is 0 Å². The van der Waals surface area contributed by atoms with E-state index in [1.54, 1.807) is 13.8 Å². The Bertz CT molecular complexity index is 737. The predicted octanol–water partition coefficient (Wildman–Crippen LogP) is 0.484. The van der Waals surface area contributed by atoms with Crippen molar-refractivity contribution in [2.24, 2.45) is 5.73 Å². The van der Waals surface area contributed by atoms with Crippen molar-refractivity contribution >= 4 is 19.7 Å². The molecule has 8 heteroatoms. The minimum Gasteiger partial charge on any atom is -0.325 e. The van der Waals surface area contributed by atoms with Gasteiger partial charge in [-0.15, -0.1) is 0 Å². The predicted molar refractivity (Wildman–Crippen MR) is 80.1 cm³/mol. The molecule has 0 radical (unpaired) electrons. The molecule has 0 bridgehead atoms. The molecule has 21 heavy (non-hydrogen) atoms. The van der Waals surface area contributed by atoms with Gasteiger partial charge in [0.15, 0.2) is 19.7 Å². The highest BCUT2D eigenvalue weighted by molar-refractivity contribution is 7.95. The second-order valence-corrected chi connectivity index (χ2v) is 9.83. The molecule has 0 amide bonds. The first-order chi connectivity index (χ1) is 9.45. The highest BCUT2D eigenvalue weighted by atomic mass is 32.2. The molecule has 0 aliphatic rings. The molecule has 0 atom stereocenters. The second-order valence-electron chi connectivity index (χ2n) is 5.54. The molecule has 0 saturated heterocycles. The molecular weight excluding hydrogens is 312 g/mol. The summed E-state index contributed by atoms with van der Waals surface area (Å²) in [5, 5.41) is 8.66. The number of hydrogen-bond acceptors (Lipinski definition) is 6. The summed E-state index contributed by atoms with van der Waals surface area (Å²) in [5.74, 6) is -1.25. The van der Waals surface area contributed by atoms with Crippen LogP contribution < -0.4 is 5.73 Å². The van der Waals surface area contributed by atoms with E-state index in [-0.39, 0.29) is 10.6 Å². The third-order valence-electron chi connectivity index (χ3n) is 2.60. The zero-order valence-electron chi connectivity index (χ0n) is 11.9. The maximum atomic E-state index is 12.1. The van der Waals surface area contributed by atoms with E-state index in [9.17, 15) is 16.8 Å². The number of sulfone groups is 2. The Balaban J connectivity index is 2.84. The highest BCUT2D eigenvalue weighted by Gasteiger charge is 2.25. The van der Waals surface area contributed by atoms with Gasteiger partial charge in [0.05, 0.1) is 33.8 Å². The van der Waals surface area contributed by atoms with Gasteiger partial charge in [-0.2, -0.15) is 5.26 Å². The van der Waals surface area contributed by atoms with Crippen molar-refractivity contribution in [3.05, 3.63) is 29.8 Å². The molecule has 1 rings (SSSR count). The molecule has 2 N–H and O–H groups in total. The molecule has 0 fully saturated rings. The molecule has 0 unspecified atom stereocenters. The number of rotatable bonds is 6. The number of nitriles is 1. The van der Waals surface area contributed by atoms with Gasteiger partial charge in [0.2, 0.25) is 0 Å². The first kappa shape index (κ1) is 17.6. The average Bonchev–Trinajstić information content (AvgIpc) is 2.34. The van der Waals surface area contributed by atoms with Gasteiger partial charge in [0.25, 0.3) is 0 Å². The lowest BCUT2D eigenvalue weighted by Crippen LogP contribution is -2.41. The van der Waals surface area contributed by atoms with Crippen LogP contribution in [0, 0.1) is 11.3 Å². The normalized spacial score (nSPS) is 12.9. The molecule has 0 saturated carbocycles. The zero-order chi connectivity index (χ0) is 16.3. The van der Waals surface area contributed by atoms with E-state index in [0.717, 1.165) is 0 Å². The van der Waals surface area contributed by atoms with Gasteiger partial charge >= 0.3 is 0 Å². The number of benzene rings is 1. The summed E-state index contributed by atoms with van der Waals surface area (Å²) in [6, 6.07) is 7.24. The lowest BCUT2D eigenvalue weighted by atomic mass is 10.1. The molecule has 0 aromatic heterocycles. The van der Waals surface area contributed by atoms with Crippen LogP contribution in [0.15, 0.2) is 29.2 Å². The first-order valence-electron chi connectivity index (χ1n) is 6.17. The standard InChI is InChI=1S/C13H18N2O4S2/c1-13(2,15)10-20(16,17)7-8-21(18,19)12-5-3-11(9-14)4-6-12/h3-6H,7-8,10,15H2,1-2H3. The van der Waals surface area contributed by atoms with Gasteiger partial charge in [-0.25, -0.2) is 16.8 Å². The number of nitrogens with two attached hydrogens (primary N) is 1. The summed E-state index contributed by atoms with van der Waals surface area (Å²) >= 11 is 0. The van der Waals surface area contributed by atoms with E-state index in [1.807, 2.05) is 6.07 Å². The van der Waals surface area contributed by atoms with Gasteiger partial charge in [-0.1, -0.05) is 0 Å². The Labute approximate surface area is 125 Å². The van der Waals surface area contributed by atoms with Gasteiger partial charge in [0, 0.05) is 5.54 Å². The smallest absolute Gasteiger partial charge is 0.179 e. The number of hydrogen-bond donors (Lipinski definition) is 1. The third-order valence-corrected chi connectivity index (χ3v) is 6.60. The van der Waals surface area contributed by atoms with Crippen LogP contribution in [-0.2, 0) is 19.7 Å². The molecule has 6 nitrogen and oxygen atoms in total. The highest BCUT2D eigenvalue weighted by Crippen LogP contribution is 2.13. The fourth-order valence-corrected chi connectivity index (χ4v) is 5.69. The Morgan fingerprint density at radius 3 is 2.05 bits per heavy atom. The largest absolute Gasteiger partial charge is 0.325 e. The van der Waals surface area contributed by atoms with Gasteiger partial charge < -0.3 is 5.73 Å². The minimum atomic E-state index is -3.70. The van der Waals surface area contributed by atoms with Crippen LogP contribution in [0.25, 0.3) is 0 Å². The van der Waals surface area contributed by atoms with Crippen molar-refractivity contribution in [2.75, 3.05) is 17.3 Å². The fraction of sp³-hybridized carbons (Fsp3) is 0.462. The quantitative estimate of drug-likeness (QED) is 0.810. The van der Waals surface area contributed by atoms with Gasteiger partial charge in [-0.05, 0) is 38.1 Å². The molecule has 0 aliphatic heterocycles. The molecular formula is C13H18N2O4S2.